The minimum atomic E-state index is -0.528. The van der Waals surface area contributed by atoms with Gasteiger partial charge >= 0.3 is 0 Å². The predicted molar refractivity (Wildman–Crippen MR) is 146 cm³/mol. The van der Waals surface area contributed by atoms with Crippen molar-refractivity contribution < 1.29 is 9.13 Å². The van der Waals surface area contributed by atoms with Crippen molar-refractivity contribution in [2.75, 3.05) is 37.0 Å². The van der Waals surface area contributed by atoms with Crippen LogP contribution in [0.2, 0.25) is 0 Å². The minimum absolute atomic E-state index is 0.0160. The van der Waals surface area contributed by atoms with E-state index in [-0.39, 0.29) is 11.7 Å². The molecule has 8 heteroatoms. The average molecular weight is 503 g/mol. The molecule has 3 aromatic rings. The molecule has 3 N–H and O–H groups in total. The molecule has 2 fully saturated rings. The summed E-state index contributed by atoms with van der Waals surface area (Å²) in [6.45, 7) is 9.58. The Morgan fingerprint density at radius 1 is 1.14 bits per heavy atom. The maximum Gasteiger partial charge on any atom is 0.222 e. The van der Waals surface area contributed by atoms with Gasteiger partial charge in [-0.1, -0.05) is 18.6 Å². The molecular weight excluding hydrogens is 467 g/mol. The molecule has 194 valence electrons. The second-order valence-electron chi connectivity index (χ2n) is 10.2. The Balaban J connectivity index is 1.42. The van der Waals surface area contributed by atoms with E-state index in [0.717, 1.165) is 74.7 Å². The van der Waals surface area contributed by atoms with E-state index in [2.05, 4.69) is 46.4 Å². The molecule has 1 aliphatic carbocycles. The topological polar surface area (TPSA) is 72.7 Å². The summed E-state index contributed by atoms with van der Waals surface area (Å²) < 4.78 is 21.9. The number of nitrogens with zero attached hydrogens (tertiary/aromatic N) is 4. The van der Waals surface area contributed by atoms with Crippen LogP contribution < -0.4 is 16.0 Å². The first kappa shape index (κ1) is 25.2. The van der Waals surface area contributed by atoms with Gasteiger partial charge in [-0.15, -0.1) is 5.10 Å². The lowest BCUT2D eigenvalue weighted by molar-refractivity contribution is 0.0855. The van der Waals surface area contributed by atoms with Gasteiger partial charge in [0.25, 0.3) is 0 Å². The SMILES string of the molecule is [C-]#[N+]c1ccc(-c2cc(NC[C@H]3CCC[C@H](N)C3)nn2-c2ccc(N(C)C3CCOCC3)cc2)cc1F. The molecule has 1 aliphatic heterocycles. The molecule has 5 rings (SSSR count). The molecule has 2 atom stereocenters. The maximum absolute atomic E-state index is 14.5. The number of rotatable bonds is 7. The van der Waals surface area contributed by atoms with E-state index >= 15 is 0 Å². The number of anilines is 2. The fourth-order valence-electron chi connectivity index (χ4n) is 5.51. The lowest BCUT2D eigenvalue weighted by Gasteiger charge is -2.33. The van der Waals surface area contributed by atoms with E-state index in [1.165, 1.54) is 18.6 Å². The van der Waals surface area contributed by atoms with Crippen molar-refractivity contribution in [2.45, 2.75) is 50.6 Å². The zero-order valence-corrected chi connectivity index (χ0v) is 21.4. The average Bonchev–Trinajstić information content (AvgIpc) is 3.36. The zero-order chi connectivity index (χ0) is 25.8. The molecule has 0 radical (unpaired) electrons. The van der Waals surface area contributed by atoms with E-state index in [1.54, 1.807) is 6.07 Å². The van der Waals surface area contributed by atoms with E-state index < -0.39 is 5.82 Å². The first-order valence-electron chi connectivity index (χ1n) is 13.2. The van der Waals surface area contributed by atoms with Gasteiger partial charge in [0.15, 0.2) is 0 Å². The van der Waals surface area contributed by atoms with Crippen LogP contribution in [0.15, 0.2) is 48.5 Å². The van der Waals surface area contributed by atoms with Gasteiger partial charge in [0.2, 0.25) is 5.69 Å². The summed E-state index contributed by atoms with van der Waals surface area (Å²) in [6.07, 6.45) is 6.49. The van der Waals surface area contributed by atoms with Crippen molar-refractivity contribution in [3.8, 4) is 16.9 Å². The summed E-state index contributed by atoms with van der Waals surface area (Å²) >= 11 is 0. The number of halogens is 1. The molecule has 37 heavy (non-hydrogen) atoms. The molecular formula is C29H35FN6O. The lowest BCUT2D eigenvalue weighted by atomic mass is 9.86. The number of nitrogens with one attached hydrogen (secondary N) is 1. The normalized spacial score (nSPS) is 20.4. The summed E-state index contributed by atoms with van der Waals surface area (Å²) in [5.41, 5.74) is 9.67. The monoisotopic (exact) mass is 502 g/mol. The maximum atomic E-state index is 14.5. The number of hydrogen-bond donors (Lipinski definition) is 2. The van der Waals surface area contributed by atoms with Crippen molar-refractivity contribution in [1.29, 1.82) is 0 Å². The molecule has 0 unspecified atom stereocenters. The number of hydrogen-bond acceptors (Lipinski definition) is 5. The van der Waals surface area contributed by atoms with Gasteiger partial charge in [-0.05, 0) is 68.4 Å². The molecule has 2 heterocycles. The van der Waals surface area contributed by atoms with Crippen LogP contribution in [0.5, 0.6) is 0 Å². The largest absolute Gasteiger partial charge is 0.381 e. The van der Waals surface area contributed by atoms with Crippen LogP contribution in [0.4, 0.5) is 21.6 Å². The predicted octanol–water partition coefficient (Wildman–Crippen LogP) is 5.77. The molecule has 0 spiro atoms. The highest BCUT2D eigenvalue weighted by atomic mass is 19.1. The fourth-order valence-corrected chi connectivity index (χ4v) is 5.51. The van der Waals surface area contributed by atoms with E-state index in [1.807, 2.05) is 10.7 Å². The van der Waals surface area contributed by atoms with Gasteiger partial charge < -0.3 is 20.7 Å². The second kappa shape index (κ2) is 11.3. The third-order valence-electron chi connectivity index (χ3n) is 7.71. The highest BCUT2D eigenvalue weighted by Gasteiger charge is 2.21. The Labute approximate surface area is 218 Å². The van der Waals surface area contributed by atoms with Crippen LogP contribution in [0, 0.1) is 18.3 Å². The van der Waals surface area contributed by atoms with Crippen LogP contribution in [-0.2, 0) is 4.74 Å². The number of benzene rings is 2. The van der Waals surface area contributed by atoms with Crippen LogP contribution in [0.25, 0.3) is 21.8 Å². The quantitative estimate of drug-likeness (QED) is 0.401. The molecule has 7 nitrogen and oxygen atoms in total. The molecule has 0 bridgehead atoms. The van der Waals surface area contributed by atoms with E-state index in [0.29, 0.717) is 17.5 Å². The zero-order valence-electron chi connectivity index (χ0n) is 21.4. The number of ether oxygens (including phenoxy) is 1. The van der Waals surface area contributed by atoms with Crippen molar-refractivity contribution in [1.82, 2.24) is 9.78 Å². The van der Waals surface area contributed by atoms with Crippen molar-refractivity contribution >= 4 is 17.2 Å². The summed E-state index contributed by atoms with van der Waals surface area (Å²) in [4.78, 5) is 5.58. The summed E-state index contributed by atoms with van der Waals surface area (Å²) in [7, 11) is 2.13. The lowest BCUT2D eigenvalue weighted by Crippen LogP contribution is -2.36. The Bertz CT molecular complexity index is 1240. The Kier molecular flexibility index (Phi) is 7.73. The molecule has 0 amide bonds. The summed E-state index contributed by atoms with van der Waals surface area (Å²) in [5, 5.41) is 8.35. The van der Waals surface area contributed by atoms with Gasteiger partial charge in [-0.25, -0.2) is 13.9 Å². The third kappa shape index (κ3) is 5.79. The second-order valence-corrected chi connectivity index (χ2v) is 10.2. The van der Waals surface area contributed by atoms with Crippen molar-refractivity contribution in [3.05, 3.63) is 65.8 Å². The van der Waals surface area contributed by atoms with Gasteiger partial charge in [0.1, 0.15) is 11.6 Å². The smallest absolute Gasteiger partial charge is 0.222 e. The molecule has 1 saturated heterocycles. The van der Waals surface area contributed by atoms with Crippen LogP contribution >= 0.6 is 0 Å². The fraction of sp³-hybridized carbons (Fsp3) is 0.448. The Hall–Kier alpha value is -3.41. The summed E-state index contributed by atoms with van der Waals surface area (Å²) in [5.74, 6) is 0.736. The third-order valence-corrected chi connectivity index (χ3v) is 7.71. The van der Waals surface area contributed by atoms with Gasteiger partial charge in [-0.2, -0.15) is 0 Å². The standard InChI is InChI=1S/C29H35FN6O/c1-32-27-11-6-21(17-26(27)30)28-18-29(33-19-20-4-3-5-22(31)16-20)34-36(28)25-9-7-23(8-10-25)35(2)24-12-14-37-15-13-24/h6-11,17-18,20,22,24H,3-5,12-16,19,31H2,2H3,(H,33,34)/t20-,22-/m0/s1. The van der Waals surface area contributed by atoms with Crippen molar-refractivity contribution in [2.24, 2.45) is 11.7 Å². The molecule has 1 saturated carbocycles. The van der Waals surface area contributed by atoms with E-state index in [9.17, 15) is 4.39 Å². The summed E-state index contributed by atoms with van der Waals surface area (Å²) in [6, 6.07) is 15.7. The number of aromatic nitrogens is 2. The Morgan fingerprint density at radius 3 is 2.62 bits per heavy atom. The van der Waals surface area contributed by atoms with Crippen LogP contribution in [0.3, 0.4) is 0 Å². The van der Waals surface area contributed by atoms with Gasteiger partial charge in [0.05, 0.1) is 18.0 Å². The first-order valence-corrected chi connectivity index (χ1v) is 13.2. The highest BCUT2D eigenvalue weighted by molar-refractivity contribution is 5.69. The van der Waals surface area contributed by atoms with Gasteiger partial charge in [-0.3, -0.25) is 0 Å². The highest BCUT2D eigenvalue weighted by Crippen LogP contribution is 2.31. The van der Waals surface area contributed by atoms with Gasteiger partial charge in [0, 0.05) is 56.2 Å². The van der Waals surface area contributed by atoms with E-state index in [4.69, 9.17) is 22.1 Å². The van der Waals surface area contributed by atoms with Crippen molar-refractivity contribution in [3.63, 3.8) is 0 Å². The van der Waals surface area contributed by atoms with Crippen LogP contribution in [0.1, 0.15) is 38.5 Å². The first-order chi connectivity index (χ1) is 18.0. The number of nitrogens with two attached hydrogens (primary N) is 1. The molecule has 2 aliphatic rings. The minimum Gasteiger partial charge on any atom is -0.381 e. The van der Waals surface area contributed by atoms with Crippen LogP contribution in [-0.4, -0.2) is 48.7 Å². The molecule has 2 aromatic carbocycles. The molecule has 1 aromatic heterocycles. The Morgan fingerprint density at radius 2 is 1.92 bits per heavy atom.